The van der Waals surface area contributed by atoms with Crippen molar-refractivity contribution in [3.8, 4) is 0 Å². The molecule has 2 heterocycles. The van der Waals surface area contributed by atoms with Gasteiger partial charge in [-0.25, -0.2) is 9.80 Å². The van der Waals surface area contributed by atoms with Crippen LogP contribution in [0.25, 0.3) is 0 Å². The molecule has 0 bridgehead atoms. The van der Waals surface area contributed by atoms with Crippen molar-refractivity contribution in [1.82, 2.24) is 0 Å². The lowest BCUT2D eigenvalue weighted by atomic mass is 9.73. The van der Waals surface area contributed by atoms with Crippen LogP contribution in [0.1, 0.15) is 69.3 Å². The van der Waals surface area contributed by atoms with E-state index < -0.39 is 10.8 Å². The molecule has 0 radical (unpaired) electrons. The third-order valence-electron chi connectivity index (χ3n) is 7.64. The molecular formula is C27H28N2O5. The molecule has 0 spiro atoms. The fourth-order valence-corrected chi connectivity index (χ4v) is 4.99. The molecule has 7 heteroatoms. The lowest BCUT2D eigenvalue weighted by Gasteiger charge is -2.45. The Morgan fingerprint density at radius 2 is 0.824 bits per heavy atom. The summed E-state index contributed by atoms with van der Waals surface area (Å²) in [5.74, 6) is -1.07. The van der Waals surface area contributed by atoms with Crippen molar-refractivity contribution < 1.29 is 24.0 Å². The maximum absolute atomic E-state index is 12.9. The van der Waals surface area contributed by atoms with E-state index >= 15 is 0 Å². The lowest BCUT2D eigenvalue weighted by molar-refractivity contribution is -0.154. The quantitative estimate of drug-likeness (QED) is 0.333. The minimum absolute atomic E-state index is 0.206. The van der Waals surface area contributed by atoms with Crippen molar-refractivity contribution in [1.29, 1.82) is 0 Å². The number of benzene rings is 2. The second kappa shape index (κ2) is 8.31. The van der Waals surface area contributed by atoms with Crippen LogP contribution < -0.4 is 9.80 Å². The number of anilines is 2. The summed E-state index contributed by atoms with van der Waals surface area (Å²) < 4.78 is 0. The first-order valence-corrected chi connectivity index (χ1v) is 11.7. The summed E-state index contributed by atoms with van der Waals surface area (Å²) in [6, 6.07) is 12.7. The molecule has 0 unspecified atom stereocenters. The van der Waals surface area contributed by atoms with Gasteiger partial charge in [-0.05, 0) is 74.2 Å². The van der Waals surface area contributed by atoms with Crippen LogP contribution in [0.5, 0.6) is 0 Å². The first kappa shape index (κ1) is 23.5. The van der Waals surface area contributed by atoms with Gasteiger partial charge in [-0.3, -0.25) is 24.0 Å². The molecule has 176 valence electrons. The molecule has 2 fully saturated rings. The molecule has 2 aromatic rings. The van der Waals surface area contributed by atoms with Gasteiger partial charge in [0.1, 0.15) is 10.8 Å². The van der Waals surface area contributed by atoms with Crippen LogP contribution in [0, 0.1) is 10.8 Å². The molecule has 2 aromatic carbocycles. The van der Waals surface area contributed by atoms with Crippen molar-refractivity contribution in [3.63, 3.8) is 0 Å². The first-order chi connectivity index (χ1) is 16.2. The zero-order valence-corrected chi connectivity index (χ0v) is 19.9. The van der Waals surface area contributed by atoms with E-state index in [1.165, 1.54) is 9.80 Å². The fourth-order valence-electron chi connectivity index (χ4n) is 4.99. The number of imide groups is 2. The van der Waals surface area contributed by atoms with Gasteiger partial charge < -0.3 is 0 Å². The maximum atomic E-state index is 12.9. The number of ketones is 1. The Morgan fingerprint density at radius 3 is 1.06 bits per heavy atom. The number of carbonyl (C=O) groups is 5. The topological polar surface area (TPSA) is 91.8 Å². The van der Waals surface area contributed by atoms with E-state index in [-0.39, 0.29) is 29.4 Å². The minimum Gasteiger partial charge on any atom is -0.289 e. The van der Waals surface area contributed by atoms with Crippen LogP contribution in [0.2, 0.25) is 0 Å². The number of carbonyl (C=O) groups excluding carboxylic acids is 5. The van der Waals surface area contributed by atoms with Crippen molar-refractivity contribution >= 4 is 40.8 Å². The zero-order chi connectivity index (χ0) is 24.8. The second-order valence-corrected chi connectivity index (χ2v) is 8.89. The smallest absolute Gasteiger partial charge is 0.249 e. The van der Waals surface area contributed by atoms with Gasteiger partial charge in [-0.1, -0.05) is 27.7 Å². The Labute approximate surface area is 198 Å². The fraction of sp³-hybridized carbons (Fsp3) is 0.370. The minimum atomic E-state index is -0.927. The molecule has 7 nitrogen and oxygen atoms in total. The SMILES string of the molecule is CCC1(CC)C(=O)N(c2ccc(C(=O)c3ccc(N4C(=O)C(CC)(CC)C4=O)cc3)cc2)C1=O. The number of amides is 4. The van der Waals surface area contributed by atoms with Crippen LogP contribution in [-0.4, -0.2) is 29.4 Å². The highest BCUT2D eigenvalue weighted by Gasteiger charge is 2.59. The molecule has 0 aromatic heterocycles. The largest absolute Gasteiger partial charge is 0.289 e. The maximum Gasteiger partial charge on any atom is 0.249 e. The summed E-state index contributed by atoms with van der Waals surface area (Å²) >= 11 is 0. The predicted octanol–water partition coefficient (Wildman–Crippen LogP) is 4.28. The lowest BCUT2D eigenvalue weighted by Crippen LogP contribution is -2.66. The van der Waals surface area contributed by atoms with Crippen LogP contribution in [-0.2, 0) is 19.2 Å². The summed E-state index contributed by atoms with van der Waals surface area (Å²) in [4.78, 5) is 65.8. The van der Waals surface area contributed by atoms with Crippen LogP contribution in [0.3, 0.4) is 0 Å². The standard InChI is InChI=1S/C27H28N2O5/c1-5-26(6-2)22(31)28(23(26)32)19-13-9-17(10-14-19)21(30)18-11-15-20(16-12-18)29-24(33)27(7-3,8-4)25(29)34/h9-16H,5-8H2,1-4H3. The zero-order valence-electron chi connectivity index (χ0n) is 19.9. The van der Waals surface area contributed by atoms with Crippen LogP contribution in [0.4, 0.5) is 11.4 Å². The Kier molecular flexibility index (Phi) is 5.75. The van der Waals surface area contributed by atoms with Gasteiger partial charge in [0.2, 0.25) is 23.6 Å². The summed E-state index contributed by atoms with van der Waals surface area (Å²) in [5, 5.41) is 0. The molecular weight excluding hydrogens is 432 g/mol. The van der Waals surface area contributed by atoms with E-state index in [2.05, 4.69) is 0 Å². The van der Waals surface area contributed by atoms with Gasteiger partial charge in [0, 0.05) is 11.1 Å². The van der Waals surface area contributed by atoms with E-state index in [9.17, 15) is 24.0 Å². The van der Waals surface area contributed by atoms with Crippen molar-refractivity contribution in [2.45, 2.75) is 53.4 Å². The number of hydrogen-bond donors (Lipinski definition) is 0. The van der Waals surface area contributed by atoms with Crippen LogP contribution >= 0.6 is 0 Å². The third kappa shape index (κ3) is 2.99. The monoisotopic (exact) mass is 460 g/mol. The number of hydrogen-bond acceptors (Lipinski definition) is 5. The summed E-state index contributed by atoms with van der Waals surface area (Å²) in [7, 11) is 0. The Morgan fingerprint density at radius 1 is 0.559 bits per heavy atom. The number of rotatable bonds is 8. The van der Waals surface area contributed by atoms with E-state index in [0.717, 1.165) is 0 Å². The second-order valence-electron chi connectivity index (χ2n) is 8.89. The molecule has 0 aliphatic carbocycles. The Hall–Kier alpha value is -3.61. The average Bonchev–Trinajstić information content (AvgIpc) is 2.87. The van der Waals surface area contributed by atoms with E-state index in [1.807, 2.05) is 27.7 Å². The summed E-state index contributed by atoms with van der Waals surface area (Å²) in [6.07, 6.45) is 1.88. The molecule has 2 aliphatic heterocycles. The highest BCUT2D eigenvalue weighted by atomic mass is 16.2. The molecule has 0 atom stereocenters. The van der Waals surface area contributed by atoms with Crippen molar-refractivity contribution in [2.75, 3.05) is 9.80 Å². The summed E-state index contributed by atoms with van der Waals surface area (Å²) in [5.41, 5.74) is -0.149. The van der Waals surface area contributed by atoms with Gasteiger partial charge in [0.15, 0.2) is 5.78 Å². The predicted molar refractivity (Wildman–Crippen MR) is 127 cm³/mol. The summed E-state index contributed by atoms with van der Waals surface area (Å²) in [6.45, 7) is 7.34. The molecule has 4 rings (SSSR count). The number of nitrogens with zero attached hydrogens (tertiary/aromatic N) is 2. The molecule has 2 aliphatic rings. The number of β-lactam (4-membered cyclic amide) rings is 4. The molecule has 4 amide bonds. The highest BCUT2D eigenvalue weighted by Crippen LogP contribution is 2.44. The molecule has 0 N–H and O–H groups in total. The third-order valence-corrected chi connectivity index (χ3v) is 7.64. The average molecular weight is 461 g/mol. The van der Waals surface area contributed by atoms with Gasteiger partial charge in [-0.15, -0.1) is 0 Å². The normalized spacial score (nSPS) is 18.6. The van der Waals surface area contributed by atoms with Gasteiger partial charge >= 0.3 is 0 Å². The van der Waals surface area contributed by atoms with Crippen LogP contribution in [0.15, 0.2) is 48.5 Å². The van der Waals surface area contributed by atoms with Crippen molar-refractivity contribution in [2.24, 2.45) is 10.8 Å². The van der Waals surface area contributed by atoms with Gasteiger partial charge in [0.25, 0.3) is 0 Å². The van der Waals surface area contributed by atoms with E-state index in [0.29, 0.717) is 48.2 Å². The highest BCUT2D eigenvalue weighted by molar-refractivity contribution is 6.36. The molecule has 2 saturated heterocycles. The van der Waals surface area contributed by atoms with E-state index in [1.54, 1.807) is 48.5 Å². The van der Waals surface area contributed by atoms with Gasteiger partial charge in [0.05, 0.1) is 11.4 Å². The Bertz CT molecular complexity index is 1060. The van der Waals surface area contributed by atoms with Gasteiger partial charge in [-0.2, -0.15) is 0 Å². The van der Waals surface area contributed by atoms with Crippen molar-refractivity contribution in [3.05, 3.63) is 59.7 Å². The molecule has 0 saturated carbocycles. The Balaban J connectivity index is 1.48. The molecule has 34 heavy (non-hydrogen) atoms. The first-order valence-electron chi connectivity index (χ1n) is 11.7. The van der Waals surface area contributed by atoms with E-state index in [4.69, 9.17) is 0 Å².